The molecule has 1 aromatic carbocycles. The fourth-order valence-electron chi connectivity index (χ4n) is 2.02. The van der Waals surface area contributed by atoms with E-state index < -0.39 is 0 Å². The predicted molar refractivity (Wildman–Crippen MR) is 75.6 cm³/mol. The zero-order valence-electron chi connectivity index (χ0n) is 11.8. The second-order valence-electron chi connectivity index (χ2n) is 4.64. The molecular weight excluding hydrogens is 252 g/mol. The smallest absolute Gasteiger partial charge is 0.191 e. The number of aromatic nitrogens is 1. The van der Waals surface area contributed by atoms with Crippen molar-refractivity contribution in [3.8, 4) is 11.8 Å². The average molecular weight is 270 g/mol. The van der Waals surface area contributed by atoms with Crippen LogP contribution in [0.1, 0.15) is 29.3 Å². The summed E-state index contributed by atoms with van der Waals surface area (Å²) in [5.41, 5.74) is 2.11. The molecule has 0 bridgehead atoms. The Morgan fingerprint density at radius 1 is 1.20 bits per heavy atom. The molecule has 0 amide bonds. The maximum Gasteiger partial charge on any atom is 0.191 e. The van der Waals surface area contributed by atoms with Gasteiger partial charge in [-0.25, -0.2) is 4.98 Å². The minimum atomic E-state index is 0.547. The largest absolute Gasteiger partial charge is 0.493 e. The number of rotatable bonds is 6. The second-order valence-corrected chi connectivity index (χ2v) is 4.64. The lowest BCUT2D eigenvalue weighted by Gasteiger charge is -2.06. The summed E-state index contributed by atoms with van der Waals surface area (Å²) in [5, 5.41) is 8.54. The van der Waals surface area contributed by atoms with Gasteiger partial charge in [-0.2, -0.15) is 5.26 Å². The Kier molecular flexibility index (Phi) is 4.78. The van der Waals surface area contributed by atoms with Crippen LogP contribution in [-0.2, 0) is 12.8 Å². The Hall–Kier alpha value is -2.28. The summed E-state index contributed by atoms with van der Waals surface area (Å²) in [4.78, 5) is 4.31. The van der Waals surface area contributed by atoms with E-state index in [9.17, 15) is 0 Å². The number of benzene rings is 1. The van der Waals surface area contributed by atoms with Gasteiger partial charge in [-0.05, 0) is 31.0 Å². The van der Waals surface area contributed by atoms with Crippen molar-refractivity contribution in [2.75, 3.05) is 6.61 Å². The third-order valence-corrected chi connectivity index (χ3v) is 3.06. The van der Waals surface area contributed by atoms with Crippen LogP contribution in [0.5, 0.6) is 5.75 Å². The average Bonchev–Trinajstić information content (AvgIpc) is 2.76. The molecule has 4 heteroatoms. The third-order valence-electron chi connectivity index (χ3n) is 3.06. The van der Waals surface area contributed by atoms with Crippen LogP contribution in [0.3, 0.4) is 0 Å². The first-order chi connectivity index (χ1) is 9.69. The van der Waals surface area contributed by atoms with Gasteiger partial charge in [0.05, 0.1) is 18.4 Å². The van der Waals surface area contributed by atoms with Gasteiger partial charge in [-0.3, -0.25) is 0 Å². The molecule has 2 rings (SSSR count). The second kappa shape index (κ2) is 6.76. The fourth-order valence-corrected chi connectivity index (χ4v) is 2.02. The van der Waals surface area contributed by atoms with E-state index in [4.69, 9.17) is 14.4 Å². The maximum absolute atomic E-state index is 8.54. The molecule has 20 heavy (non-hydrogen) atoms. The number of nitriles is 1. The molecule has 0 aliphatic rings. The van der Waals surface area contributed by atoms with Crippen molar-refractivity contribution >= 4 is 0 Å². The van der Waals surface area contributed by atoms with E-state index in [0.717, 1.165) is 35.6 Å². The van der Waals surface area contributed by atoms with E-state index in [1.165, 1.54) is 0 Å². The zero-order chi connectivity index (χ0) is 14.4. The van der Waals surface area contributed by atoms with Crippen molar-refractivity contribution in [1.29, 1.82) is 5.26 Å². The van der Waals surface area contributed by atoms with Gasteiger partial charge in [0.15, 0.2) is 5.89 Å². The quantitative estimate of drug-likeness (QED) is 0.807. The van der Waals surface area contributed by atoms with E-state index in [1.807, 2.05) is 38.1 Å². The highest BCUT2D eigenvalue weighted by Crippen LogP contribution is 2.15. The first kappa shape index (κ1) is 14.1. The SMILES string of the molecule is Cc1nc(CCOc2ccc(CCC#N)cc2)c(C)o1. The standard InChI is InChI=1S/C16H18N2O2/c1-12-16(18-13(2)20-12)9-11-19-15-7-5-14(6-8-15)4-3-10-17/h5-8H,3-4,9,11H2,1-2H3. The molecule has 0 saturated carbocycles. The summed E-state index contributed by atoms with van der Waals surface area (Å²) in [5.74, 6) is 2.39. The Morgan fingerprint density at radius 2 is 1.95 bits per heavy atom. The van der Waals surface area contributed by atoms with Gasteiger partial charge in [0.1, 0.15) is 11.5 Å². The van der Waals surface area contributed by atoms with Gasteiger partial charge in [-0.1, -0.05) is 12.1 Å². The topological polar surface area (TPSA) is 59.0 Å². The molecule has 0 aliphatic carbocycles. The van der Waals surface area contributed by atoms with Crippen molar-refractivity contribution in [3.05, 3.63) is 47.2 Å². The number of ether oxygens (including phenoxy) is 1. The van der Waals surface area contributed by atoms with Crippen LogP contribution in [0.15, 0.2) is 28.7 Å². The van der Waals surface area contributed by atoms with Gasteiger partial charge in [0, 0.05) is 19.8 Å². The third kappa shape index (κ3) is 3.86. The van der Waals surface area contributed by atoms with E-state index in [0.29, 0.717) is 18.9 Å². The molecule has 0 aliphatic heterocycles. The summed E-state index contributed by atoms with van der Waals surface area (Å²) in [7, 11) is 0. The van der Waals surface area contributed by atoms with Gasteiger partial charge in [-0.15, -0.1) is 0 Å². The lowest BCUT2D eigenvalue weighted by atomic mass is 10.1. The lowest BCUT2D eigenvalue weighted by molar-refractivity contribution is 0.320. The predicted octanol–water partition coefficient (Wildman–Crippen LogP) is 3.37. The van der Waals surface area contributed by atoms with Crippen molar-refractivity contribution in [1.82, 2.24) is 4.98 Å². The van der Waals surface area contributed by atoms with E-state index in [-0.39, 0.29) is 0 Å². The molecule has 1 heterocycles. The summed E-state index contributed by atoms with van der Waals surface area (Å²) < 4.78 is 11.1. The highest BCUT2D eigenvalue weighted by atomic mass is 16.5. The molecule has 0 saturated heterocycles. The lowest BCUT2D eigenvalue weighted by Crippen LogP contribution is -2.02. The van der Waals surface area contributed by atoms with Crippen LogP contribution in [0.2, 0.25) is 0 Å². The molecule has 0 fully saturated rings. The molecule has 0 atom stereocenters. The van der Waals surface area contributed by atoms with Gasteiger partial charge in [0.2, 0.25) is 0 Å². The summed E-state index contributed by atoms with van der Waals surface area (Å²) in [6, 6.07) is 10.0. The van der Waals surface area contributed by atoms with Crippen LogP contribution in [0.4, 0.5) is 0 Å². The monoisotopic (exact) mass is 270 g/mol. The Balaban J connectivity index is 1.82. The van der Waals surface area contributed by atoms with Gasteiger partial charge >= 0.3 is 0 Å². The van der Waals surface area contributed by atoms with Crippen molar-refractivity contribution in [3.63, 3.8) is 0 Å². The van der Waals surface area contributed by atoms with Crippen molar-refractivity contribution < 1.29 is 9.15 Å². The van der Waals surface area contributed by atoms with Crippen LogP contribution >= 0.6 is 0 Å². The fraction of sp³-hybridized carbons (Fsp3) is 0.375. The first-order valence-corrected chi connectivity index (χ1v) is 6.70. The first-order valence-electron chi connectivity index (χ1n) is 6.70. The maximum atomic E-state index is 8.54. The Labute approximate surface area is 119 Å². The summed E-state index contributed by atoms with van der Waals surface area (Å²) in [6.07, 6.45) is 2.07. The molecule has 0 N–H and O–H groups in total. The molecule has 104 valence electrons. The number of nitrogens with zero attached hydrogens (tertiary/aromatic N) is 2. The molecule has 2 aromatic rings. The number of hydrogen-bond acceptors (Lipinski definition) is 4. The molecular formula is C16H18N2O2. The molecule has 4 nitrogen and oxygen atoms in total. The highest BCUT2D eigenvalue weighted by molar-refractivity contribution is 5.27. The van der Waals surface area contributed by atoms with Crippen LogP contribution in [-0.4, -0.2) is 11.6 Å². The number of hydrogen-bond donors (Lipinski definition) is 0. The van der Waals surface area contributed by atoms with Crippen LogP contribution < -0.4 is 4.74 Å². The number of oxazole rings is 1. The van der Waals surface area contributed by atoms with Crippen LogP contribution in [0.25, 0.3) is 0 Å². The Bertz CT molecular complexity index is 594. The molecule has 0 spiro atoms. The van der Waals surface area contributed by atoms with Gasteiger partial charge in [0.25, 0.3) is 0 Å². The van der Waals surface area contributed by atoms with Crippen LogP contribution in [0, 0.1) is 25.2 Å². The molecule has 1 aromatic heterocycles. The highest BCUT2D eigenvalue weighted by Gasteiger charge is 2.06. The minimum absolute atomic E-state index is 0.547. The zero-order valence-corrected chi connectivity index (χ0v) is 11.8. The molecule has 0 radical (unpaired) electrons. The molecule has 0 unspecified atom stereocenters. The summed E-state index contributed by atoms with van der Waals surface area (Å²) >= 11 is 0. The summed E-state index contributed by atoms with van der Waals surface area (Å²) in [6.45, 7) is 4.33. The van der Waals surface area contributed by atoms with Crippen molar-refractivity contribution in [2.45, 2.75) is 33.1 Å². The minimum Gasteiger partial charge on any atom is -0.493 e. The van der Waals surface area contributed by atoms with E-state index in [2.05, 4.69) is 11.1 Å². The van der Waals surface area contributed by atoms with E-state index >= 15 is 0 Å². The normalized spacial score (nSPS) is 10.2. The Morgan fingerprint density at radius 3 is 2.55 bits per heavy atom. The van der Waals surface area contributed by atoms with E-state index in [1.54, 1.807) is 0 Å². The van der Waals surface area contributed by atoms with Crippen molar-refractivity contribution in [2.24, 2.45) is 0 Å². The van der Waals surface area contributed by atoms with Gasteiger partial charge < -0.3 is 9.15 Å². The number of aryl methyl sites for hydroxylation is 3.